The number of nitrogens with zero attached hydrogens (tertiary/aromatic N) is 2. The van der Waals surface area contributed by atoms with Gasteiger partial charge < -0.3 is 25.1 Å². The maximum atomic E-state index is 11.8. The molecule has 2 aromatic rings. The van der Waals surface area contributed by atoms with Crippen LogP contribution in [-0.4, -0.2) is 49.5 Å². The van der Waals surface area contributed by atoms with Crippen molar-refractivity contribution in [3.63, 3.8) is 0 Å². The van der Waals surface area contributed by atoms with E-state index in [-0.39, 0.29) is 17.8 Å². The van der Waals surface area contributed by atoms with Gasteiger partial charge in [-0.3, -0.25) is 4.79 Å². The molecule has 0 spiro atoms. The van der Waals surface area contributed by atoms with E-state index >= 15 is 0 Å². The molecule has 3 N–H and O–H groups in total. The average Bonchev–Trinajstić information content (AvgIpc) is 2.91. The number of anilines is 2. The smallest absolute Gasteiger partial charge is 0.258 e. The summed E-state index contributed by atoms with van der Waals surface area (Å²) in [6, 6.07) is 3.50. The molecule has 0 radical (unpaired) electrons. The minimum absolute atomic E-state index is 0.00256. The number of ether oxygens (including phenoxy) is 2. The Labute approximate surface area is 121 Å². The molecule has 7 heteroatoms. The van der Waals surface area contributed by atoms with Crippen LogP contribution in [-0.2, 0) is 9.47 Å². The van der Waals surface area contributed by atoms with E-state index in [4.69, 9.17) is 15.2 Å². The molecule has 0 amide bonds. The standard InChI is InChI=1S/C14H18N4O3/c1-20-12-5-18(6-13(12)21-2)11-4-10-8(3-9(11)15)14(19)17-7-16-10/h3-4,7,12-13H,5-6,15H2,1-2H3,(H,16,17,19). The Morgan fingerprint density at radius 3 is 2.57 bits per heavy atom. The topological polar surface area (TPSA) is 93.5 Å². The molecule has 0 aliphatic carbocycles. The van der Waals surface area contributed by atoms with Gasteiger partial charge in [0.15, 0.2) is 0 Å². The van der Waals surface area contributed by atoms with Gasteiger partial charge in [0.25, 0.3) is 5.56 Å². The number of hydrogen-bond acceptors (Lipinski definition) is 6. The fourth-order valence-electron chi connectivity index (χ4n) is 2.79. The van der Waals surface area contributed by atoms with Crippen LogP contribution in [0.2, 0.25) is 0 Å². The number of nitrogen functional groups attached to an aromatic ring is 1. The number of aromatic amines is 1. The fraction of sp³-hybridized carbons (Fsp3) is 0.429. The Kier molecular flexibility index (Phi) is 3.52. The number of nitrogens with one attached hydrogen (secondary N) is 1. The van der Waals surface area contributed by atoms with Crippen LogP contribution >= 0.6 is 0 Å². The van der Waals surface area contributed by atoms with Crippen molar-refractivity contribution in [2.75, 3.05) is 37.9 Å². The number of fused-ring (bicyclic) bond motifs is 1. The summed E-state index contributed by atoms with van der Waals surface area (Å²) < 4.78 is 10.9. The first-order valence-electron chi connectivity index (χ1n) is 6.71. The number of methoxy groups -OCH3 is 2. The predicted molar refractivity (Wildman–Crippen MR) is 80.6 cm³/mol. The van der Waals surface area contributed by atoms with Crippen LogP contribution in [0.4, 0.5) is 11.4 Å². The highest BCUT2D eigenvalue weighted by Gasteiger charge is 2.33. The molecule has 112 valence electrons. The van der Waals surface area contributed by atoms with Gasteiger partial charge in [0.2, 0.25) is 0 Å². The van der Waals surface area contributed by atoms with Gasteiger partial charge >= 0.3 is 0 Å². The van der Waals surface area contributed by atoms with Crippen molar-refractivity contribution in [3.8, 4) is 0 Å². The Balaban J connectivity index is 2.01. The minimum Gasteiger partial charge on any atom is -0.397 e. The minimum atomic E-state index is -0.191. The average molecular weight is 290 g/mol. The predicted octanol–water partition coefficient (Wildman–Crippen LogP) is 0.355. The third kappa shape index (κ3) is 2.34. The number of aromatic nitrogens is 2. The second-order valence-electron chi connectivity index (χ2n) is 5.11. The van der Waals surface area contributed by atoms with Gasteiger partial charge in [0.05, 0.1) is 28.6 Å². The third-order valence-electron chi connectivity index (χ3n) is 3.95. The normalized spacial score (nSPS) is 22.1. The van der Waals surface area contributed by atoms with E-state index in [0.29, 0.717) is 29.7 Å². The largest absolute Gasteiger partial charge is 0.397 e. The first kappa shape index (κ1) is 13.8. The number of hydrogen-bond donors (Lipinski definition) is 2. The molecule has 0 bridgehead atoms. The third-order valence-corrected chi connectivity index (χ3v) is 3.95. The lowest BCUT2D eigenvalue weighted by molar-refractivity contribution is -0.00461. The Hall–Kier alpha value is -2.12. The fourth-order valence-corrected chi connectivity index (χ4v) is 2.79. The molecule has 1 aliphatic rings. The maximum absolute atomic E-state index is 11.8. The molecular weight excluding hydrogens is 272 g/mol. The molecule has 1 fully saturated rings. The van der Waals surface area contributed by atoms with Crippen molar-refractivity contribution in [1.82, 2.24) is 9.97 Å². The highest BCUT2D eigenvalue weighted by molar-refractivity contribution is 5.88. The molecule has 2 unspecified atom stereocenters. The zero-order valence-corrected chi connectivity index (χ0v) is 12.0. The van der Waals surface area contributed by atoms with Gasteiger partial charge in [0, 0.05) is 27.3 Å². The summed E-state index contributed by atoms with van der Waals surface area (Å²) in [6.45, 7) is 1.38. The van der Waals surface area contributed by atoms with Crippen molar-refractivity contribution in [2.45, 2.75) is 12.2 Å². The molecule has 1 aliphatic heterocycles. The summed E-state index contributed by atoms with van der Waals surface area (Å²) >= 11 is 0. The Bertz CT molecular complexity index is 703. The number of rotatable bonds is 3. The number of benzene rings is 1. The van der Waals surface area contributed by atoms with Gasteiger partial charge in [-0.05, 0) is 12.1 Å². The lowest BCUT2D eigenvalue weighted by Gasteiger charge is -2.20. The summed E-state index contributed by atoms with van der Waals surface area (Å²) in [5.41, 5.74) is 7.94. The van der Waals surface area contributed by atoms with E-state index in [2.05, 4.69) is 14.9 Å². The van der Waals surface area contributed by atoms with Crippen LogP contribution in [0, 0.1) is 0 Å². The summed E-state index contributed by atoms with van der Waals surface area (Å²) in [4.78, 5) is 20.6. The van der Waals surface area contributed by atoms with Crippen LogP contribution in [0.15, 0.2) is 23.3 Å². The van der Waals surface area contributed by atoms with Crippen LogP contribution in [0.5, 0.6) is 0 Å². The van der Waals surface area contributed by atoms with E-state index in [0.717, 1.165) is 5.69 Å². The highest BCUT2D eigenvalue weighted by Crippen LogP contribution is 2.30. The van der Waals surface area contributed by atoms with E-state index < -0.39 is 0 Å². The van der Waals surface area contributed by atoms with E-state index in [1.54, 1.807) is 20.3 Å². The molecule has 1 saturated heterocycles. The van der Waals surface area contributed by atoms with Gasteiger partial charge in [0.1, 0.15) is 12.2 Å². The van der Waals surface area contributed by atoms with Gasteiger partial charge in [-0.25, -0.2) is 4.98 Å². The SMILES string of the molecule is COC1CN(c2cc3nc[nH]c(=O)c3cc2N)CC1OC. The molecule has 2 atom stereocenters. The Morgan fingerprint density at radius 1 is 1.29 bits per heavy atom. The molecule has 7 nitrogen and oxygen atoms in total. The maximum Gasteiger partial charge on any atom is 0.258 e. The molecule has 1 aromatic heterocycles. The molecule has 0 saturated carbocycles. The van der Waals surface area contributed by atoms with Crippen LogP contribution < -0.4 is 16.2 Å². The summed E-state index contributed by atoms with van der Waals surface area (Å²) in [5, 5.41) is 0.490. The zero-order valence-electron chi connectivity index (χ0n) is 12.0. The number of nitrogens with two attached hydrogens (primary N) is 1. The molecule has 1 aromatic carbocycles. The molecule has 3 rings (SSSR count). The van der Waals surface area contributed by atoms with E-state index in [1.807, 2.05) is 6.07 Å². The highest BCUT2D eigenvalue weighted by atomic mass is 16.5. The molecular formula is C14H18N4O3. The van der Waals surface area contributed by atoms with Crippen LogP contribution in [0.25, 0.3) is 10.9 Å². The lowest BCUT2D eigenvalue weighted by atomic mass is 10.2. The van der Waals surface area contributed by atoms with Crippen molar-refractivity contribution >= 4 is 22.3 Å². The van der Waals surface area contributed by atoms with E-state index in [1.165, 1.54) is 6.33 Å². The molecule has 2 heterocycles. The van der Waals surface area contributed by atoms with Crippen LogP contribution in [0.3, 0.4) is 0 Å². The summed E-state index contributed by atoms with van der Waals surface area (Å²) in [7, 11) is 3.34. The molecule has 21 heavy (non-hydrogen) atoms. The van der Waals surface area contributed by atoms with Crippen LogP contribution in [0.1, 0.15) is 0 Å². The van der Waals surface area contributed by atoms with Crippen molar-refractivity contribution in [1.29, 1.82) is 0 Å². The van der Waals surface area contributed by atoms with Gasteiger partial charge in [-0.1, -0.05) is 0 Å². The monoisotopic (exact) mass is 290 g/mol. The number of H-pyrrole nitrogens is 1. The van der Waals surface area contributed by atoms with Gasteiger partial charge in [-0.15, -0.1) is 0 Å². The first-order valence-corrected chi connectivity index (χ1v) is 6.71. The second kappa shape index (κ2) is 5.34. The van der Waals surface area contributed by atoms with E-state index in [9.17, 15) is 4.79 Å². The Morgan fingerprint density at radius 2 is 1.95 bits per heavy atom. The summed E-state index contributed by atoms with van der Waals surface area (Å²) in [5.74, 6) is 0. The first-order chi connectivity index (χ1) is 10.1. The second-order valence-corrected chi connectivity index (χ2v) is 5.11. The van der Waals surface area contributed by atoms with Crippen molar-refractivity contribution < 1.29 is 9.47 Å². The summed E-state index contributed by atoms with van der Waals surface area (Å²) in [6.07, 6.45) is 1.39. The lowest BCUT2D eigenvalue weighted by Crippen LogP contribution is -2.27. The van der Waals surface area contributed by atoms with Crippen molar-refractivity contribution in [3.05, 3.63) is 28.8 Å². The van der Waals surface area contributed by atoms with Gasteiger partial charge in [-0.2, -0.15) is 0 Å². The zero-order chi connectivity index (χ0) is 15.0. The quantitative estimate of drug-likeness (QED) is 0.793. The van der Waals surface area contributed by atoms with Crippen molar-refractivity contribution in [2.24, 2.45) is 0 Å².